The number of carboxylic acids is 1. The number of thioether (sulfide) groups is 1. The number of rotatable bonds is 5. The Morgan fingerprint density at radius 2 is 2.28 bits per heavy atom. The molecular weight excluding hydrogens is 258 g/mol. The molecule has 94 valence electrons. The maximum Gasteiger partial charge on any atom is 0.271 e. The maximum absolute atomic E-state index is 10.6. The second-order valence-electron chi connectivity index (χ2n) is 3.51. The quantitative estimate of drug-likeness (QED) is 0.621. The number of carbonyl (C=O) groups excluding carboxylic acids is 1. The summed E-state index contributed by atoms with van der Waals surface area (Å²) in [7, 11) is 0. The summed E-state index contributed by atoms with van der Waals surface area (Å²) in [5.74, 6) is -0.281. The van der Waals surface area contributed by atoms with Crippen LogP contribution in [0.15, 0.2) is 18.2 Å². The first-order valence-electron chi connectivity index (χ1n) is 4.97. The normalized spacial score (nSPS) is 10.7. The van der Waals surface area contributed by atoms with E-state index in [1.807, 2.05) is 0 Å². The van der Waals surface area contributed by atoms with Crippen molar-refractivity contribution < 1.29 is 14.8 Å². The molecule has 1 aromatic carbocycles. The predicted octanol–water partition coefficient (Wildman–Crippen LogP) is 0.454. The first-order chi connectivity index (χ1) is 8.56. The number of H-pyrrole nitrogens is 1. The van der Waals surface area contributed by atoms with Crippen LogP contribution >= 0.6 is 11.8 Å². The number of carbonyl (C=O) groups is 1. The van der Waals surface area contributed by atoms with E-state index < -0.39 is 10.9 Å². The lowest BCUT2D eigenvalue weighted by molar-refractivity contribution is -0.384. The monoisotopic (exact) mass is 266 g/mol. The molecule has 0 radical (unpaired) electrons. The summed E-state index contributed by atoms with van der Waals surface area (Å²) in [6, 6.07) is 4.33. The summed E-state index contributed by atoms with van der Waals surface area (Å²) in [4.78, 5) is 27.5. The molecule has 1 heterocycles. The van der Waals surface area contributed by atoms with E-state index >= 15 is 0 Å². The molecule has 2 aromatic rings. The highest BCUT2D eigenvalue weighted by Crippen LogP contribution is 2.20. The van der Waals surface area contributed by atoms with Crippen LogP contribution in [0.2, 0.25) is 0 Å². The van der Waals surface area contributed by atoms with E-state index in [0.717, 1.165) is 11.8 Å². The van der Waals surface area contributed by atoms with E-state index in [2.05, 4.69) is 9.97 Å². The van der Waals surface area contributed by atoms with E-state index in [-0.39, 0.29) is 11.4 Å². The third-order valence-electron chi connectivity index (χ3n) is 2.18. The van der Waals surface area contributed by atoms with Crippen molar-refractivity contribution in [3.05, 3.63) is 34.1 Å². The zero-order valence-electron chi connectivity index (χ0n) is 9.08. The van der Waals surface area contributed by atoms with Gasteiger partial charge in [0.15, 0.2) is 0 Å². The van der Waals surface area contributed by atoms with E-state index in [0.29, 0.717) is 22.6 Å². The minimum absolute atomic E-state index is 0.0138. The zero-order valence-corrected chi connectivity index (χ0v) is 9.90. The number of carboxylic acid groups (broad SMARTS) is 1. The third-order valence-corrected chi connectivity index (χ3v) is 3.10. The van der Waals surface area contributed by atoms with Gasteiger partial charge in [-0.25, -0.2) is 4.98 Å². The highest BCUT2D eigenvalue weighted by molar-refractivity contribution is 7.99. The van der Waals surface area contributed by atoms with E-state index in [1.165, 1.54) is 12.1 Å². The molecule has 0 aliphatic heterocycles. The Morgan fingerprint density at radius 1 is 1.50 bits per heavy atom. The number of benzene rings is 1. The Bertz CT molecular complexity index is 610. The number of aromatic nitrogens is 2. The topological polar surface area (TPSA) is 112 Å². The predicted molar refractivity (Wildman–Crippen MR) is 63.9 cm³/mol. The van der Waals surface area contributed by atoms with Crippen LogP contribution < -0.4 is 5.11 Å². The standard InChI is InChI=1S/C10H9N3O4S/c14-10(15)5-18-4-9-11-7-2-1-6(13(16)17)3-8(7)12-9/h1-3H,4-5H2,(H,11,12)(H,14,15)/p-1. The number of nitro groups is 1. The van der Waals surface area contributed by atoms with E-state index in [4.69, 9.17) is 0 Å². The van der Waals surface area contributed by atoms with Crippen LogP contribution in [0.1, 0.15) is 5.82 Å². The molecule has 7 nitrogen and oxygen atoms in total. The van der Waals surface area contributed by atoms with E-state index in [9.17, 15) is 20.0 Å². The highest BCUT2D eigenvalue weighted by atomic mass is 32.2. The average molecular weight is 266 g/mol. The Labute approximate surface area is 105 Å². The smallest absolute Gasteiger partial charge is 0.271 e. The van der Waals surface area contributed by atoms with Crippen molar-refractivity contribution in [2.24, 2.45) is 0 Å². The fourth-order valence-electron chi connectivity index (χ4n) is 1.46. The summed E-state index contributed by atoms with van der Waals surface area (Å²) in [6.45, 7) is 0. The summed E-state index contributed by atoms with van der Waals surface area (Å²) in [5.41, 5.74) is 1.16. The van der Waals surface area contributed by atoms with Crippen molar-refractivity contribution in [2.45, 2.75) is 5.75 Å². The molecule has 0 saturated carbocycles. The largest absolute Gasteiger partial charge is 0.549 e. The number of hydrogen-bond donors (Lipinski definition) is 1. The first-order valence-corrected chi connectivity index (χ1v) is 6.12. The van der Waals surface area contributed by atoms with Crippen LogP contribution in [0, 0.1) is 10.1 Å². The lowest BCUT2D eigenvalue weighted by Crippen LogP contribution is -2.24. The molecule has 0 amide bonds. The fourth-order valence-corrected chi connectivity index (χ4v) is 2.06. The molecule has 8 heteroatoms. The van der Waals surface area contributed by atoms with Crippen LogP contribution in [-0.2, 0) is 10.5 Å². The van der Waals surface area contributed by atoms with Gasteiger partial charge < -0.3 is 14.9 Å². The lowest BCUT2D eigenvalue weighted by atomic mass is 10.3. The average Bonchev–Trinajstić information content (AvgIpc) is 2.69. The molecule has 0 aliphatic carbocycles. The summed E-state index contributed by atoms with van der Waals surface area (Å²) < 4.78 is 0. The molecule has 0 saturated heterocycles. The van der Waals surface area contributed by atoms with Gasteiger partial charge in [-0.05, 0) is 6.07 Å². The summed E-state index contributed by atoms with van der Waals surface area (Å²) >= 11 is 1.15. The first kappa shape index (κ1) is 12.4. The van der Waals surface area contributed by atoms with Gasteiger partial charge in [-0.15, -0.1) is 11.8 Å². The number of aromatic amines is 1. The minimum atomic E-state index is -1.13. The van der Waals surface area contributed by atoms with Crippen LogP contribution in [0.5, 0.6) is 0 Å². The van der Waals surface area contributed by atoms with Crippen molar-refractivity contribution in [2.75, 3.05) is 5.75 Å². The van der Waals surface area contributed by atoms with Crippen LogP contribution in [-0.4, -0.2) is 26.6 Å². The van der Waals surface area contributed by atoms with Gasteiger partial charge in [-0.3, -0.25) is 10.1 Å². The second-order valence-corrected chi connectivity index (χ2v) is 4.49. The number of nitrogens with zero attached hydrogens (tertiary/aromatic N) is 2. The Hall–Kier alpha value is -2.09. The molecule has 0 atom stereocenters. The van der Waals surface area contributed by atoms with Crippen molar-refractivity contribution in [1.82, 2.24) is 9.97 Å². The molecule has 0 aliphatic rings. The number of fused-ring (bicyclic) bond motifs is 1. The highest BCUT2D eigenvalue weighted by Gasteiger charge is 2.09. The third kappa shape index (κ3) is 2.77. The number of non-ortho nitro benzene ring substituents is 1. The van der Waals surface area contributed by atoms with Gasteiger partial charge in [0.25, 0.3) is 5.69 Å². The van der Waals surface area contributed by atoms with Gasteiger partial charge in [0.2, 0.25) is 0 Å². The zero-order chi connectivity index (χ0) is 13.1. The van der Waals surface area contributed by atoms with E-state index in [1.54, 1.807) is 6.07 Å². The molecule has 18 heavy (non-hydrogen) atoms. The van der Waals surface area contributed by atoms with Crippen molar-refractivity contribution in [1.29, 1.82) is 0 Å². The molecule has 1 aromatic heterocycles. The minimum Gasteiger partial charge on any atom is -0.549 e. The Morgan fingerprint density at radius 3 is 2.94 bits per heavy atom. The van der Waals surface area contributed by atoms with Crippen LogP contribution in [0.25, 0.3) is 11.0 Å². The molecule has 2 rings (SSSR count). The number of nitrogens with one attached hydrogen (secondary N) is 1. The summed E-state index contributed by atoms with van der Waals surface area (Å²) in [5, 5.41) is 20.8. The number of hydrogen-bond acceptors (Lipinski definition) is 6. The molecule has 0 unspecified atom stereocenters. The van der Waals surface area contributed by atoms with Gasteiger partial charge in [-0.2, -0.15) is 0 Å². The van der Waals surface area contributed by atoms with Gasteiger partial charge in [0.05, 0.1) is 27.7 Å². The molecule has 0 bridgehead atoms. The molecular formula is C10H8N3O4S-. The fraction of sp³-hybridized carbons (Fsp3) is 0.200. The van der Waals surface area contributed by atoms with Crippen LogP contribution in [0.3, 0.4) is 0 Å². The SMILES string of the molecule is O=C([O-])CSCc1nc2ccc([N+](=O)[O-])cc2[nH]1. The maximum atomic E-state index is 10.6. The molecule has 0 spiro atoms. The number of nitro benzene ring substituents is 1. The molecule has 1 N–H and O–H groups in total. The van der Waals surface area contributed by atoms with Crippen molar-refractivity contribution >= 4 is 34.5 Å². The lowest BCUT2D eigenvalue weighted by Gasteiger charge is -1.98. The second kappa shape index (κ2) is 5.05. The molecule has 0 fully saturated rings. The number of imidazole rings is 1. The Kier molecular flexibility index (Phi) is 3.47. The van der Waals surface area contributed by atoms with Gasteiger partial charge >= 0.3 is 0 Å². The Balaban J connectivity index is 2.16. The van der Waals surface area contributed by atoms with Gasteiger partial charge in [0, 0.05) is 17.9 Å². The van der Waals surface area contributed by atoms with Crippen molar-refractivity contribution in [3.63, 3.8) is 0 Å². The van der Waals surface area contributed by atoms with Crippen molar-refractivity contribution in [3.8, 4) is 0 Å². The summed E-state index contributed by atoms with van der Waals surface area (Å²) in [6.07, 6.45) is 0. The van der Waals surface area contributed by atoms with Crippen LogP contribution in [0.4, 0.5) is 5.69 Å². The van der Waals surface area contributed by atoms with Gasteiger partial charge in [0.1, 0.15) is 5.82 Å². The van der Waals surface area contributed by atoms with Gasteiger partial charge in [-0.1, -0.05) is 0 Å². The number of aliphatic carboxylic acids is 1.